The first kappa shape index (κ1) is 14.0. The monoisotopic (exact) mass is 341 g/mol. The van der Waals surface area contributed by atoms with Crippen LogP contribution in [0.2, 0.25) is 5.02 Å². The molecule has 0 aliphatic heterocycles. The smallest absolute Gasteiger partial charge is 0.228 e. The highest BCUT2D eigenvalue weighted by molar-refractivity contribution is 9.10. The molecular formula is C14H10BrClFNO. The van der Waals surface area contributed by atoms with Gasteiger partial charge in [0, 0.05) is 20.7 Å². The van der Waals surface area contributed by atoms with Gasteiger partial charge in [0.15, 0.2) is 0 Å². The van der Waals surface area contributed by atoms with Gasteiger partial charge in [-0.3, -0.25) is 4.79 Å². The molecule has 0 atom stereocenters. The predicted octanol–water partition coefficient (Wildman–Crippen LogP) is 4.42. The first-order valence-corrected chi connectivity index (χ1v) is 6.71. The van der Waals surface area contributed by atoms with Gasteiger partial charge in [-0.15, -0.1) is 0 Å². The number of nitrogens with one attached hydrogen (secondary N) is 1. The molecular weight excluding hydrogens is 333 g/mol. The van der Waals surface area contributed by atoms with Crippen LogP contribution in [0.1, 0.15) is 5.56 Å². The highest BCUT2D eigenvalue weighted by Gasteiger charge is 2.11. The van der Waals surface area contributed by atoms with Crippen molar-refractivity contribution < 1.29 is 9.18 Å². The van der Waals surface area contributed by atoms with Crippen molar-refractivity contribution in [3.05, 3.63) is 63.3 Å². The lowest BCUT2D eigenvalue weighted by Crippen LogP contribution is -2.15. The molecule has 2 rings (SSSR count). The second-order valence-electron chi connectivity index (χ2n) is 3.93. The average Bonchev–Trinajstić information content (AvgIpc) is 2.37. The Hall–Kier alpha value is -1.39. The van der Waals surface area contributed by atoms with Crippen LogP contribution in [-0.2, 0) is 11.2 Å². The second-order valence-corrected chi connectivity index (χ2v) is 5.25. The average molecular weight is 343 g/mol. The molecule has 0 aliphatic carbocycles. The third-order valence-corrected chi connectivity index (χ3v) is 3.41. The predicted molar refractivity (Wildman–Crippen MR) is 77.9 cm³/mol. The van der Waals surface area contributed by atoms with Crippen molar-refractivity contribution in [2.75, 3.05) is 5.32 Å². The molecule has 0 aliphatic rings. The Labute approximate surface area is 123 Å². The number of benzene rings is 2. The van der Waals surface area contributed by atoms with Crippen LogP contribution in [0.25, 0.3) is 0 Å². The summed E-state index contributed by atoms with van der Waals surface area (Å²) in [5, 5.41) is 2.94. The van der Waals surface area contributed by atoms with Crippen LogP contribution in [-0.4, -0.2) is 5.91 Å². The summed E-state index contributed by atoms with van der Waals surface area (Å²) in [6.45, 7) is 0. The zero-order valence-corrected chi connectivity index (χ0v) is 12.1. The Morgan fingerprint density at radius 2 is 1.89 bits per heavy atom. The quantitative estimate of drug-likeness (QED) is 0.879. The first-order valence-electron chi connectivity index (χ1n) is 5.54. The highest BCUT2D eigenvalue weighted by Crippen LogP contribution is 2.20. The van der Waals surface area contributed by atoms with E-state index in [2.05, 4.69) is 21.2 Å². The number of carbonyl (C=O) groups excluding carboxylic acids is 1. The second kappa shape index (κ2) is 6.17. The van der Waals surface area contributed by atoms with Crippen molar-refractivity contribution >= 4 is 39.1 Å². The molecule has 19 heavy (non-hydrogen) atoms. The lowest BCUT2D eigenvalue weighted by molar-refractivity contribution is -0.115. The number of halogens is 3. The van der Waals surface area contributed by atoms with Gasteiger partial charge in [0.1, 0.15) is 5.82 Å². The number of hydrogen-bond acceptors (Lipinski definition) is 1. The van der Waals surface area contributed by atoms with E-state index in [1.54, 1.807) is 18.2 Å². The van der Waals surface area contributed by atoms with Crippen molar-refractivity contribution in [2.45, 2.75) is 6.42 Å². The zero-order valence-electron chi connectivity index (χ0n) is 9.79. The summed E-state index contributed by atoms with van der Waals surface area (Å²) in [5.74, 6) is -0.784. The molecule has 2 nitrogen and oxygen atoms in total. The highest BCUT2D eigenvalue weighted by atomic mass is 79.9. The van der Waals surface area contributed by atoms with Gasteiger partial charge in [-0.2, -0.15) is 0 Å². The first-order chi connectivity index (χ1) is 9.06. The van der Waals surface area contributed by atoms with E-state index in [9.17, 15) is 9.18 Å². The molecule has 0 heterocycles. The van der Waals surface area contributed by atoms with Crippen LogP contribution in [0, 0.1) is 5.82 Å². The molecule has 0 fully saturated rings. The fourth-order valence-electron chi connectivity index (χ4n) is 1.60. The maximum absolute atomic E-state index is 13.5. The van der Waals surface area contributed by atoms with Crippen molar-refractivity contribution in [3.63, 3.8) is 0 Å². The fourth-order valence-corrected chi connectivity index (χ4v) is 2.09. The summed E-state index contributed by atoms with van der Waals surface area (Å²) in [6, 6.07) is 11.5. The minimum absolute atomic E-state index is 0.0957. The standard InChI is InChI=1S/C14H10BrClFNO/c15-9-4-6-10(7-5-9)18-14(19)8-11-12(16)2-1-3-13(11)17/h1-7H,8H2,(H,18,19). The van der Waals surface area contributed by atoms with Gasteiger partial charge in [0.05, 0.1) is 6.42 Å². The molecule has 1 N–H and O–H groups in total. The van der Waals surface area contributed by atoms with E-state index >= 15 is 0 Å². The molecule has 2 aromatic rings. The van der Waals surface area contributed by atoms with E-state index in [1.807, 2.05) is 12.1 Å². The summed E-state index contributed by atoms with van der Waals surface area (Å²) >= 11 is 9.18. The van der Waals surface area contributed by atoms with Gasteiger partial charge < -0.3 is 5.32 Å². The van der Waals surface area contributed by atoms with Crippen LogP contribution >= 0.6 is 27.5 Å². The minimum atomic E-state index is -0.474. The number of carbonyl (C=O) groups is 1. The third-order valence-electron chi connectivity index (χ3n) is 2.53. The van der Waals surface area contributed by atoms with E-state index in [-0.39, 0.29) is 22.9 Å². The summed E-state index contributed by atoms with van der Waals surface area (Å²) in [5.41, 5.74) is 0.861. The Morgan fingerprint density at radius 3 is 2.53 bits per heavy atom. The van der Waals surface area contributed by atoms with E-state index in [0.717, 1.165) is 4.47 Å². The molecule has 0 radical (unpaired) electrons. The van der Waals surface area contributed by atoms with E-state index in [1.165, 1.54) is 12.1 Å². The Bertz CT molecular complexity index is 581. The maximum Gasteiger partial charge on any atom is 0.228 e. The molecule has 5 heteroatoms. The largest absolute Gasteiger partial charge is 0.326 e. The van der Waals surface area contributed by atoms with Gasteiger partial charge in [-0.1, -0.05) is 33.6 Å². The van der Waals surface area contributed by atoms with E-state index in [4.69, 9.17) is 11.6 Å². The summed E-state index contributed by atoms with van der Waals surface area (Å²) in [6.07, 6.45) is -0.0957. The van der Waals surface area contributed by atoms with Crippen LogP contribution in [0.3, 0.4) is 0 Å². The molecule has 0 bridgehead atoms. The van der Waals surface area contributed by atoms with Crippen molar-refractivity contribution in [3.8, 4) is 0 Å². The Kier molecular flexibility index (Phi) is 4.56. The number of amides is 1. The van der Waals surface area contributed by atoms with Crippen molar-refractivity contribution in [1.29, 1.82) is 0 Å². The lowest BCUT2D eigenvalue weighted by atomic mass is 10.1. The molecule has 0 unspecified atom stereocenters. The lowest BCUT2D eigenvalue weighted by Gasteiger charge is -2.07. The molecule has 0 aromatic heterocycles. The van der Waals surface area contributed by atoms with Crippen LogP contribution in [0.4, 0.5) is 10.1 Å². The minimum Gasteiger partial charge on any atom is -0.326 e. The number of anilines is 1. The Balaban J connectivity index is 2.07. The Morgan fingerprint density at radius 1 is 1.21 bits per heavy atom. The van der Waals surface area contributed by atoms with Gasteiger partial charge >= 0.3 is 0 Å². The molecule has 1 amide bonds. The molecule has 98 valence electrons. The summed E-state index contributed by atoms with van der Waals surface area (Å²) in [4.78, 5) is 11.8. The molecule has 2 aromatic carbocycles. The summed E-state index contributed by atoms with van der Waals surface area (Å²) in [7, 11) is 0. The van der Waals surface area contributed by atoms with Gasteiger partial charge in [-0.05, 0) is 36.4 Å². The van der Waals surface area contributed by atoms with E-state index < -0.39 is 5.82 Å². The van der Waals surface area contributed by atoms with Gasteiger partial charge in [0.2, 0.25) is 5.91 Å². The molecule has 0 saturated heterocycles. The SMILES string of the molecule is O=C(Cc1c(F)cccc1Cl)Nc1ccc(Br)cc1. The zero-order chi connectivity index (χ0) is 13.8. The van der Waals surface area contributed by atoms with E-state index in [0.29, 0.717) is 5.69 Å². The van der Waals surface area contributed by atoms with Crippen LogP contribution < -0.4 is 5.32 Å². The maximum atomic E-state index is 13.5. The molecule has 0 saturated carbocycles. The van der Waals surface area contributed by atoms with Crippen LogP contribution in [0.15, 0.2) is 46.9 Å². The third kappa shape index (κ3) is 3.78. The normalized spacial score (nSPS) is 10.3. The number of rotatable bonds is 3. The summed E-state index contributed by atoms with van der Waals surface area (Å²) < 4.78 is 14.5. The molecule has 0 spiro atoms. The van der Waals surface area contributed by atoms with Gasteiger partial charge in [-0.25, -0.2) is 4.39 Å². The van der Waals surface area contributed by atoms with Crippen LogP contribution in [0.5, 0.6) is 0 Å². The topological polar surface area (TPSA) is 29.1 Å². The number of hydrogen-bond donors (Lipinski definition) is 1. The fraction of sp³-hybridized carbons (Fsp3) is 0.0714. The van der Waals surface area contributed by atoms with Gasteiger partial charge in [0.25, 0.3) is 0 Å². The van der Waals surface area contributed by atoms with Crippen molar-refractivity contribution in [1.82, 2.24) is 0 Å². The van der Waals surface area contributed by atoms with Crippen molar-refractivity contribution in [2.24, 2.45) is 0 Å².